The van der Waals surface area contributed by atoms with Gasteiger partial charge in [-0.15, -0.1) is 0 Å². The summed E-state index contributed by atoms with van der Waals surface area (Å²) in [5.74, 6) is 0.639. The predicted octanol–water partition coefficient (Wildman–Crippen LogP) is 2.55. The lowest BCUT2D eigenvalue weighted by Gasteiger charge is -2.22. The first kappa shape index (κ1) is 19.7. The molecule has 1 N–H and O–H groups in total. The Morgan fingerprint density at radius 1 is 0.857 bits per heavy atom. The van der Waals surface area contributed by atoms with Crippen molar-refractivity contribution in [3.8, 4) is 5.75 Å². The fourth-order valence-corrected chi connectivity index (χ4v) is 3.19. The number of rotatable bonds is 6. The number of para-hydroxylation sites is 1. The summed E-state index contributed by atoms with van der Waals surface area (Å²) in [5.41, 5.74) is 1.20. The maximum absolute atomic E-state index is 12.4. The Balaban J connectivity index is 1.39. The van der Waals surface area contributed by atoms with Crippen molar-refractivity contribution >= 4 is 11.9 Å². The maximum Gasteiger partial charge on any atom is 0.317 e. The number of amides is 3. The zero-order chi connectivity index (χ0) is 19.6. The van der Waals surface area contributed by atoms with Gasteiger partial charge in [0.15, 0.2) is 6.61 Å². The monoisotopic (exact) mass is 381 g/mol. The lowest BCUT2D eigenvalue weighted by Crippen LogP contribution is -2.43. The molecule has 0 radical (unpaired) electrons. The second-order valence-electron chi connectivity index (χ2n) is 6.79. The SMILES string of the molecule is O=C(COc1ccccc1)N1CCCN(C(=O)NCCc2ccccc2)CC1. The third kappa shape index (κ3) is 6.01. The molecule has 1 fully saturated rings. The van der Waals surface area contributed by atoms with Crippen LogP contribution in [0.25, 0.3) is 0 Å². The van der Waals surface area contributed by atoms with Crippen LogP contribution >= 0.6 is 0 Å². The number of nitrogens with zero attached hydrogens (tertiary/aromatic N) is 2. The van der Waals surface area contributed by atoms with Crippen molar-refractivity contribution in [2.75, 3.05) is 39.3 Å². The molecule has 6 nitrogen and oxygen atoms in total. The number of hydrogen-bond acceptors (Lipinski definition) is 3. The maximum atomic E-state index is 12.4. The van der Waals surface area contributed by atoms with Gasteiger partial charge in [0.25, 0.3) is 5.91 Å². The molecular weight excluding hydrogens is 354 g/mol. The van der Waals surface area contributed by atoms with Gasteiger partial charge in [-0.1, -0.05) is 48.5 Å². The molecule has 1 aliphatic heterocycles. The first-order valence-corrected chi connectivity index (χ1v) is 9.75. The van der Waals surface area contributed by atoms with Gasteiger partial charge in [-0.3, -0.25) is 4.79 Å². The highest BCUT2D eigenvalue weighted by Crippen LogP contribution is 2.09. The van der Waals surface area contributed by atoms with E-state index >= 15 is 0 Å². The normalized spacial score (nSPS) is 14.3. The molecule has 0 aliphatic carbocycles. The largest absolute Gasteiger partial charge is 0.484 e. The van der Waals surface area contributed by atoms with E-state index in [4.69, 9.17) is 4.74 Å². The van der Waals surface area contributed by atoms with Crippen molar-refractivity contribution < 1.29 is 14.3 Å². The van der Waals surface area contributed by atoms with Crippen LogP contribution in [0.5, 0.6) is 5.75 Å². The van der Waals surface area contributed by atoms with Crippen LogP contribution < -0.4 is 10.1 Å². The van der Waals surface area contributed by atoms with E-state index in [1.165, 1.54) is 5.56 Å². The molecule has 6 heteroatoms. The van der Waals surface area contributed by atoms with E-state index in [0.29, 0.717) is 38.5 Å². The average molecular weight is 381 g/mol. The minimum atomic E-state index is -0.0641. The molecule has 1 saturated heterocycles. The van der Waals surface area contributed by atoms with Crippen molar-refractivity contribution in [2.45, 2.75) is 12.8 Å². The third-order valence-electron chi connectivity index (χ3n) is 4.77. The molecule has 3 rings (SSSR count). The Kier molecular flexibility index (Phi) is 7.29. The van der Waals surface area contributed by atoms with E-state index in [-0.39, 0.29) is 18.5 Å². The van der Waals surface area contributed by atoms with Gasteiger partial charge in [0.2, 0.25) is 0 Å². The molecule has 1 aliphatic rings. The van der Waals surface area contributed by atoms with Crippen molar-refractivity contribution in [1.82, 2.24) is 15.1 Å². The van der Waals surface area contributed by atoms with Crippen LogP contribution in [0.4, 0.5) is 4.79 Å². The van der Waals surface area contributed by atoms with E-state index in [1.807, 2.05) is 48.5 Å². The molecule has 0 saturated carbocycles. The fourth-order valence-electron chi connectivity index (χ4n) is 3.19. The Labute approximate surface area is 166 Å². The predicted molar refractivity (Wildman–Crippen MR) is 108 cm³/mol. The molecule has 3 amide bonds. The minimum absolute atomic E-state index is 0.0211. The molecule has 28 heavy (non-hydrogen) atoms. The lowest BCUT2D eigenvalue weighted by molar-refractivity contribution is -0.133. The van der Waals surface area contributed by atoms with Gasteiger partial charge in [0, 0.05) is 32.7 Å². The number of benzene rings is 2. The quantitative estimate of drug-likeness (QED) is 0.837. The second-order valence-corrected chi connectivity index (χ2v) is 6.79. The minimum Gasteiger partial charge on any atom is -0.484 e. The molecule has 1 heterocycles. The molecule has 0 atom stereocenters. The molecule has 2 aromatic carbocycles. The molecular formula is C22H27N3O3. The number of carbonyl (C=O) groups is 2. The Bertz CT molecular complexity index is 752. The standard InChI is InChI=1S/C22H27N3O3/c26-21(18-28-20-10-5-2-6-11-20)24-14-7-15-25(17-16-24)22(27)23-13-12-19-8-3-1-4-9-19/h1-6,8-11H,7,12-18H2,(H,23,27). The van der Waals surface area contributed by atoms with Crippen molar-refractivity contribution in [1.29, 1.82) is 0 Å². The Hall–Kier alpha value is -3.02. The summed E-state index contributed by atoms with van der Waals surface area (Å²) in [6, 6.07) is 19.3. The number of urea groups is 1. The third-order valence-corrected chi connectivity index (χ3v) is 4.77. The number of nitrogens with one attached hydrogen (secondary N) is 1. The van der Waals surface area contributed by atoms with Crippen molar-refractivity contribution in [3.63, 3.8) is 0 Å². The van der Waals surface area contributed by atoms with Gasteiger partial charge in [-0.2, -0.15) is 0 Å². The van der Waals surface area contributed by atoms with Gasteiger partial charge in [0.05, 0.1) is 0 Å². The van der Waals surface area contributed by atoms with E-state index in [1.54, 1.807) is 9.80 Å². The Morgan fingerprint density at radius 2 is 1.50 bits per heavy atom. The van der Waals surface area contributed by atoms with Crippen LogP contribution in [0.2, 0.25) is 0 Å². The number of carbonyl (C=O) groups excluding carboxylic acids is 2. The van der Waals surface area contributed by atoms with Crippen LogP contribution in [-0.2, 0) is 11.2 Å². The van der Waals surface area contributed by atoms with Gasteiger partial charge in [-0.05, 0) is 30.5 Å². The summed E-state index contributed by atoms with van der Waals surface area (Å²) in [4.78, 5) is 28.4. The summed E-state index contributed by atoms with van der Waals surface area (Å²) >= 11 is 0. The fraction of sp³-hybridized carbons (Fsp3) is 0.364. The second kappa shape index (κ2) is 10.3. The highest BCUT2D eigenvalue weighted by molar-refractivity contribution is 5.78. The van der Waals surface area contributed by atoms with Gasteiger partial charge < -0.3 is 19.9 Å². The highest BCUT2D eigenvalue weighted by atomic mass is 16.5. The number of hydrogen-bond donors (Lipinski definition) is 1. The van der Waals surface area contributed by atoms with Crippen LogP contribution in [-0.4, -0.2) is 61.1 Å². The smallest absolute Gasteiger partial charge is 0.317 e. The highest BCUT2D eigenvalue weighted by Gasteiger charge is 2.22. The first-order valence-electron chi connectivity index (χ1n) is 9.75. The molecule has 0 spiro atoms. The summed E-state index contributed by atoms with van der Waals surface area (Å²) < 4.78 is 5.55. The van der Waals surface area contributed by atoms with Crippen LogP contribution in [0.1, 0.15) is 12.0 Å². The van der Waals surface area contributed by atoms with Gasteiger partial charge >= 0.3 is 6.03 Å². The topological polar surface area (TPSA) is 61.9 Å². The molecule has 2 aromatic rings. The van der Waals surface area contributed by atoms with Crippen molar-refractivity contribution in [2.24, 2.45) is 0 Å². The summed E-state index contributed by atoms with van der Waals surface area (Å²) in [7, 11) is 0. The van der Waals surface area contributed by atoms with Crippen molar-refractivity contribution in [3.05, 3.63) is 66.2 Å². The van der Waals surface area contributed by atoms with Crippen LogP contribution in [0.3, 0.4) is 0 Å². The Morgan fingerprint density at radius 3 is 2.25 bits per heavy atom. The zero-order valence-corrected chi connectivity index (χ0v) is 16.0. The van der Waals surface area contributed by atoms with E-state index in [0.717, 1.165) is 12.8 Å². The summed E-state index contributed by atoms with van der Waals surface area (Å²) in [6.45, 7) is 2.99. The lowest BCUT2D eigenvalue weighted by atomic mass is 10.1. The molecule has 148 valence electrons. The molecule has 0 bridgehead atoms. The summed E-state index contributed by atoms with van der Waals surface area (Å²) in [5, 5.41) is 2.98. The van der Waals surface area contributed by atoms with Gasteiger partial charge in [0.1, 0.15) is 5.75 Å². The van der Waals surface area contributed by atoms with E-state index in [9.17, 15) is 9.59 Å². The van der Waals surface area contributed by atoms with E-state index in [2.05, 4.69) is 17.4 Å². The van der Waals surface area contributed by atoms with E-state index < -0.39 is 0 Å². The zero-order valence-electron chi connectivity index (χ0n) is 16.0. The van der Waals surface area contributed by atoms with Crippen LogP contribution in [0.15, 0.2) is 60.7 Å². The van der Waals surface area contributed by atoms with Crippen LogP contribution in [0, 0.1) is 0 Å². The first-order chi connectivity index (χ1) is 13.7. The summed E-state index contributed by atoms with van der Waals surface area (Å²) in [6.07, 6.45) is 1.57. The average Bonchev–Trinajstić information content (AvgIpc) is 3.00. The molecule has 0 aromatic heterocycles. The number of ether oxygens (including phenoxy) is 1. The van der Waals surface area contributed by atoms with Gasteiger partial charge in [-0.25, -0.2) is 4.79 Å². The molecule has 0 unspecified atom stereocenters.